The molecule has 0 aromatic heterocycles. The number of aromatic carboxylic acids is 1. The van der Waals surface area contributed by atoms with Crippen LogP contribution in [-0.2, 0) is 16.0 Å². The zero-order valence-electron chi connectivity index (χ0n) is 12.2. The average molecular weight is 291 g/mol. The van der Waals surface area contributed by atoms with E-state index in [1.807, 2.05) is 11.8 Å². The molecule has 1 atom stereocenters. The summed E-state index contributed by atoms with van der Waals surface area (Å²) in [5.41, 5.74) is 0.962. The van der Waals surface area contributed by atoms with Gasteiger partial charge in [0.25, 0.3) is 0 Å². The Bertz CT molecular complexity index is 515. The summed E-state index contributed by atoms with van der Waals surface area (Å²) in [5.74, 6) is -0.502. The van der Waals surface area contributed by atoms with Crippen LogP contribution in [0.2, 0.25) is 0 Å². The van der Waals surface area contributed by atoms with E-state index in [9.17, 15) is 9.59 Å². The van der Waals surface area contributed by atoms with Gasteiger partial charge < -0.3 is 14.7 Å². The van der Waals surface area contributed by atoms with E-state index in [2.05, 4.69) is 0 Å². The van der Waals surface area contributed by atoms with Gasteiger partial charge in [0.2, 0.25) is 5.91 Å². The zero-order valence-corrected chi connectivity index (χ0v) is 12.2. The van der Waals surface area contributed by atoms with Crippen LogP contribution in [-0.4, -0.2) is 48.2 Å². The lowest BCUT2D eigenvalue weighted by Crippen LogP contribution is -2.30. The number of carboxylic acid groups (broad SMARTS) is 1. The second kappa shape index (κ2) is 7.22. The number of hydrogen-bond donors (Lipinski definition) is 1. The smallest absolute Gasteiger partial charge is 0.335 e. The van der Waals surface area contributed by atoms with Crippen molar-refractivity contribution in [3.63, 3.8) is 0 Å². The van der Waals surface area contributed by atoms with Crippen LogP contribution in [0.5, 0.6) is 0 Å². The van der Waals surface area contributed by atoms with Crippen LogP contribution in [0.25, 0.3) is 0 Å². The van der Waals surface area contributed by atoms with Crippen molar-refractivity contribution in [2.75, 3.05) is 26.3 Å². The molecule has 1 aliphatic rings. The molecule has 114 valence electrons. The average Bonchev–Trinajstić information content (AvgIpc) is 2.94. The fourth-order valence-electron chi connectivity index (χ4n) is 2.58. The largest absolute Gasteiger partial charge is 0.478 e. The van der Waals surface area contributed by atoms with Gasteiger partial charge in [-0.1, -0.05) is 12.1 Å². The summed E-state index contributed by atoms with van der Waals surface area (Å²) in [5, 5.41) is 8.96. The molecule has 1 amide bonds. The molecule has 0 spiro atoms. The predicted molar refractivity (Wildman–Crippen MR) is 78.3 cm³/mol. The van der Waals surface area contributed by atoms with Gasteiger partial charge in [0.15, 0.2) is 0 Å². The SMILES string of the molecule is CCOCC1CCN(C(=O)Cc2cccc(C(=O)O)c2)C1. The van der Waals surface area contributed by atoms with Gasteiger partial charge in [-0.2, -0.15) is 0 Å². The second-order valence-corrected chi connectivity index (χ2v) is 5.34. The first-order valence-corrected chi connectivity index (χ1v) is 7.28. The van der Waals surface area contributed by atoms with E-state index >= 15 is 0 Å². The first kappa shape index (κ1) is 15.5. The van der Waals surface area contributed by atoms with Crippen LogP contribution in [0, 0.1) is 5.92 Å². The van der Waals surface area contributed by atoms with Gasteiger partial charge in [-0.15, -0.1) is 0 Å². The highest BCUT2D eigenvalue weighted by atomic mass is 16.5. The lowest BCUT2D eigenvalue weighted by atomic mass is 10.1. The molecule has 1 aromatic carbocycles. The van der Waals surface area contributed by atoms with Crippen molar-refractivity contribution in [2.24, 2.45) is 5.92 Å². The maximum atomic E-state index is 12.3. The molecule has 5 nitrogen and oxygen atoms in total. The summed E-state index contributed by atoms with van der Waals surface area (Å²) in [4.78, 5) is 25.0. The minimum atomic E-state index is -0.970. The molecule has 1 N–H and O–H groups in total. The zero-order chi connectivity index (χ0) is 15.2. The number of rotatable bonds is 6. The molecule has 1 heterocycles. The first-order chi connectivity index (χ1) is 10.1. The van der Waals surface area contributed by atoms with Crippen LogP contribution in [0.3, 0.4) is 0 Å². The lowest BCUT2D eigenvalue weighted by Gasteiger charge is -2.16. The van der Waals surface area contributed by atoms with E-state index in [1.54, 1.807) is 18.2 Å². The molecular weight excluding hydrogens is 270 g/mol. The Kier molecular flexibility index (Phi) is 5.33. The van der Waals surface area contributed by atoms with Crippen molar-refractivity contribution in [2.45, 2.75) is 19.8 Å². The molecule has 21 heavy (non-hydrogen) atoms. The monoisotopic (exact) mass is 291 g/mol. The Labute approximate surface area is 124 Å². The molecule has 1 aromatic rings. The van der Waals surface area contributed by atoms with Crippen molar-refractivity contribution in [1.82, 2.24) is 4.90 Å². The van der Waals surface area contributed by atoms with E-state index in [4.69, 9.17) is 9.84 Å². The Balaban J connectivity index is 1.90. The van der Waals surface area contributed by atoms with Gasteiger partial charge in [0, 0.05) is 25.6 Å². The molecule has 5 heteroatoms. The fraction of sp³-hybridized carbons (Fsp3) is 0.500. The number of amides is 1. The van der Waals surface area contributed by atoms with Crippen LogP contribution < -0.4 is 0 Å². The molecule has 1 unspecified atom stereocenters. The normalized spacial score (nSPS) is 18.0. The van der Waals surface area contributed by atoms with E-state index in [-0.39, 0.29) is 17.9 Å². The van der Waals surface area contributed by atoms with Gasteiger partial charge in [-0.05, 0) is 31.0 Å². The Morgan fingerprint density at radius 1 is 1.43 bits per heavy atom. The van der Waals surface area contributed by atoms with Gasteiger partial charge >= 0.3 is 5.97 Å². The number of carboxylic acids is 1. The molecule has 1 fully saturated rings. The Morgan fingerprint density at radius 2 is 2.24 bits per heavy atom. The number of carbonyl (C=O) groups is 2. The van der Waals surface area contributed by atoms with Gasteiger partial charge in [-0.25, -0.2) is 4.79 Å². The van der Waals surface area contributed by atoms with E-state index in [0.717, 1.165) is 25.1 Å². The lowest BCUT2D eigenvalue weighted by molar-refractivity contribution is -0.129. The van der Waals surface area contributed by atoms with Crippen molar-refractivity contribution in [3.8, 4) is 0 Å². The maximum Gasteiger partial charge on any atom is 0.335 e. The summed E-state index contributed by atoms with van der Waals surface area (Å²) in [6.07, 6.45) is 1.23. The summed E-state index contributed by atoms with van der Waals surface area (Å²) in [6.45, 7) is 4.86. The van der Waals surface area contributed by atoms with Gasteiger partial charge in [0.05, 0.1) is 18.6 Å². The van der Waals surface area contributed by atoms with Crippen molar-refractivity contribution < 1.29 is 19.4 Å². The second-order valence-electron chi connectivity index (χ2n) is 5.34. The van der Waals surface area contributed by atoms with Gasteiger partial charge in [-0.3, -0.25) is 4.79 Å². The van der Waals surface area contributed by atoms with Crippen LogP contribution >= 0.6 is 0 Å². The summed E-state index contributed by atoms with van der Waals surface area (Å²) in [6, 6.07) is 6.56. The number of carbonyl (C=O) groups excluding carboxylic acids is 1. The quantitative estimate of drug-likeness (QED) is 0.868. The summed E-state index contributed by atoms with van der Waals surface area (Å²) < 4.78 is 5.40. The molecule has 2 rings (SSSR count). The summed E-state index contributed by atoms with van der Waals surface area (Å²) >= 11 is 0. The third kappa shape index (κ3) is 4.29. The van der Waals surface area contributed by atoms with Crippen LogP contribution in [0.4, 0.5) is 0 Å². The number of hydrogen-bond acceptors (Lipinski definition) is 3. The minimum Gasteiger partial charge on any atom is -0.478 e. The van der Waals surface area contributed by atoms with Crippen LogP contribution in [0.1, 0.15) is 29.3 Å². The van der Waals surface area contributed by atoms with Crippen LogP contribution in [0.15, 0.2) is 24.3 Å². The van der Waals surface area contributed by atoms with Gasteiger partial charge in [0.1, 0.15) is 0 Å². The highest BCUT2D eigenvalue weighted by Gasteiger charge is 2.26. The minimum absolute atomic E-state index is 0.0523. The third-order valence-electron chi connectivity index (χ3n) is 3.73. The highest BCUT2D eigenvalue weighted by Crippen LogP contribution is 2.18. The highest BCUT2D eigenvalue weighted by molar-refractivity contribution is 5.88. The number of nitrogens with zero attached hydrogens (tertiary/aromatic N) is 1. The molecule has 1 saturated heterocycles. The third-order valence-corrected chi connectivity index (χ3v) is 3.73. The molecule has 0 saturated carbocycles. The van der Waals surface area contributed by atoms with E-state index in [1.165, 1.54) is 6.07 Å². The number of likely N-dealkylation sites (tertiary alicyclic amines) is 1. The standard InChI is InChI=1S/C16H21NO4/c1-2-21-11-13-6-7-17(10-13)15(18)9-12-4-3-5-14(8-12)16(19)20/h3-5,8,13H,2,6-7,9-11H2,1H3,(H,19,20). The Morgan fingerprint density at radius 3 is 2.95 bits per heavy atom. The number of benzene rings is 1. The molecule has 0 bridgehead atoms. The van der Waals surface area contributed by atoms with E-state index < -0.39 is 5.97 Å². The molecule has 1 aliphatic heterocycles. The van der Waals surface area contributed by atoms with Crippen molar-refractivity contribution in [3.05, 3.63) is 35.4 Å². The molecule has 0 radical (unpaired) electrons. The molecule has 0 aliphatic carbocycles. The molecular formula is C16H21NO4. The van der Waals surface area contributed by atoms with Crippen molar-refractivity contribution in [1.29, 1.82) is 0 Å². The topological polar surface area (TPSA) is 66.8 Å². The van der Waals surface area contributed by atoms with Crippen molar-refractivity contribution >= 4 is 11.9 Å². The predicted octanol–water partition coefficient (Wildman–Crippen LogP) is 1.81. The fourth-order valence-corrected chi connectivity index (χ4v) is 2.58. The van der Waals surface area contributed by atoms with E-state index in [0.29, 0.717) is 19.1 Å². The first-order valence-electron chi connectivity index (χ1n) is 7.28. The maximum absolute atomic E-state index is 12.3. The number of ether oxygens (including phenoxy) is 1. The Hall–Kier alpha value is -1.88. The summed E-state index contributed by atoms with van der Waals surface area (Å²) in [7, 11) is 0.